The molecule has 2 N–H and O–H groups in total. The topological polar surface area (TPSA) is 86.3 Å². The Bertz CT molecular complexity index is 1630. The minimum absolute atomic E-state index is 0.125. The number of nitrogens with zero attached hydrogens (tertiary/aromatic N) is 4. The van der Waals surface area contributed by atoms with Crippen molar-refractivity contribution in [1.29, 1.82) is 0 Å². The van der Waals surface area contributed by atoms with E-state index in [-0.39, 0.29) is 30.4 Å². The second-order valence-electron chi connectivity index (χ2n) is 9.93. The van der Waals surface area contributed by atoms with Gasteiger partial charge in [-0.05, 0) is 59.9 Å². The molecule has 4 aromatic rings. The van der Waals surface area contributed by atoms with Crippen molar-refractivity contribution in [2.24, 2.45) is 4.99 Å². The van der Waals surface area contributed by atoms with Crippen molar-refractivity contribution in [2.45, 2.75) is 31.7 Å². The smallest absolute Gasteiger partial charge is 0.276 e. The van der Waals surface area contributed by atoms with Gasteiger partial charge in [-0.25, -0.2) is 13.2 Å². The van der Waals surface area contributed by atoms with Crippen LogP contribution in [0.25, 0.3) is 22.0 Å². The molecule has 0 aliphatic carbocycles. The van der Waals surface area contributed by atoms with E-state index in [2.05, 4.69) is 25.5 Å². The second kappa shape index (κ2) is 10.1. The van der Waals surface area contributed by atoms with E-state index < -0.39 is 5.92 Å². The van der Waals surface area contributed by atoms with Gasteiger partial charge in [0.05, 0.1) is 12.1 Å². The van der Waals surface area contributed by atoms with Gasteiger partial charge in [0.25, 0.3) is 11.8 Å². The van der Waals surface area contributed by atoms with Crippen molar-refractivity contribution in [3.63, 3.8) is 0 Å². The van der Waals surface area contributed by atoms with E-state index in [0.717, 1.165) is 28.0 Å². The molecule has 0 radical (unpaired) electrons. The highest BCUT2D eigenvalue weighted by molar-refractivity contribution is 6.06. The fourth-order valence-electron chi connectivity index (χ4n) is 5.02. The molecule has 1 amide bonds. The van der Waals surface area contributed by atoms with Gasteiger partial charge in [0.2, 0.25) is 0 Å². The number of benzene rings is 2. The van der Waals surface area contributed by atoms with E-state index in [9.17, 15) is 18.0 Å². The molecule has 4 heterocycles. The number of hydrogen-bond acceptors (Lipinski definition) is 5. The van der Waals surface area contributed by atoms with Crippen LogP contribution in [0.3, 0.4) is 0 Å². The van der Waals surface area contributed by atoms with Crippen LogP contribution in [0.4, 0.5) is 13.2 Å². The van der Waals surface area contributed by atoms with Gasteiger partial charge in [0.1, 0.15) is 5.82 Å². The van der Waals surface area contributed by atoms with Crippen LogP contribution >= 0.6 is 0 Å². The fraction of sp³-hybridized carbons (Fsp3) is 0.241. The fourth-order valence-corrected chi connectivity index (χ4v) is 5.02. The normalized spacial score (nSPS) is 17.2. The number of aliphatic imine (C=N–C) groups is 1. The number of nitrogens with one attached hydrogen (secondary N) is 2. The number of likely N-dealkylation sites (tertiary alicyclic amines) is 1. The molecule has 198 valence electrons. The lowest BCUT2D eigenvalue weighted by Gasteiger charge is -2.16. The predicted octanol–water partition coefficient (Wildman–Crippen LogP) is 5.46. The molecule has 0 spiro atoms. The Kier molecular flexibility index (Phi) is 6.48. The maximum atomic E-state index is 13.6. The lowest BCUT2D eigenvalue weighted by molar-refractivity contribution is 0.0115. The number of rotatable bonds is 6. The van der Waals surface area contributed by atoms with Gasteiger partial charge >= 0.3 is 0 Å². The van der Waals surface area contributed by atoms with E-state index >= 15 is 0 Å². The van der Waals surface area contributed by atoms with Gasteiger partial charge in [0, 0.05) is 60.5 Å². The molecule has 0 atom stereocenters. The summed E-state index contributed by atoms with van der Waals surface area (Å²) in [5.41, 5.74) is 5.58. The number of amides is 1. The van der Waals surface area contributed by atoms with Crippen molar-refractivity contribution >= 4 is 22.5 Å². The lowest BCUT2D eigenvalue weighted by Crippen LogP contribution is -2.25. The molecule has 2 aliphatic rings. The number of carbonyl (C=O) groups excluding carboxylic acids is 1. The number of pyridine rings is 1. The summed E-state index contributed by atoms with van der Waals surface area (Å²) in [6.07, 6.45) is 5.99. The molecule has 1 fully saturated rings. The number of halogens is 3. The molecule has 0 bridgehead atoms. The monoisotopic (exact) mass is 530 g/mol. The van der Waals surface area contributed by atoms with Crippen molar-refractivity contribution in [3.8, 4) is 11.1 Å². The molecule has 2 aliphatic heterocycles. The zero-order valence-corrected chi connectivity index (χ0v) is 20.9. The van der Waals surface area contributed by atoms with Crippen molar-refractivity contribution in [1.82, 2.24) is 25.4 Å². The summed E-state index contributed by atoms with van der Waals surface area (Å²) >= 11 is 0. The molecule has 10 heteroatoms. The van der Waals surface area contributed by atoms with Crippen LogP contribution in [-0.4, -0.2) is 50.7 Å². The Morgan fingerprint density at radius 1 is 1.05 bits per heavy atom. The van der Waals surface area contributed by atoms with Crippen LogP contribution in [0, 0.1) is 5.82 Å². The highest BCUT2D eigenvalue weighted by Gasteiger charge is 2.37. The third-order valence-corrected chi connectivity index (χ3v) is 7.00. The second-order valence-corrected chi connectivity index (χ2v) is 9.93. The van der Waals surface area contributed by atoms with E-state index in [1.807, 2.05) is 30.3 Å². The zero-order chi connectivity index (χ0) is 27.0. The minimum atomic E-state index is -2.64. The Morgan fingerprint density at radius 3 is 2.72 bits per heavy atom. The lowest BCUT2D eigenvalue weighted by atomic mass is 10.0. The summed E-state index contributed by atoms with van der Waals surface area (Å²) in [5.74, 6) is -3.32. The number of fused-ring (bicyclic) bond motifs is 1. The number of allylic oxidation sites excluding steroid dienone is 1. The molecule has 6 rings (SSSR count). The van der Waals surface area contributed by atoms with Crippen LogP contribution in [0.15, 0.2) is 77.8 Å². The number of H-pyrrole nitrogens is 1. The summed E-state index contributed by atoms with van der Waals surface area (Å²) < 4.78 is 40.7. The standard InChI is InChI=1S/C29H25F3N6O/c30-22-3-1-2-20(11-22)25-7-5-23(15-34-25)35-28(39)27-24-12-19(4-6-26(24)36-37-27)21-10-18(13-33-14-21)16-38-9-8-29(31,32)17-38/h1-4,6,10-15H,5,7-9,16-17H2,(H,35,39)(H,36,37). The molecule has 2 aromatic heterocycles. The molecule has 0 unspecified atom stereocenters. The highest BCUT2D eigenvalue weighted by Crippen LogP contribution is 2.29. The maximum absolute atomic E-state index is 13.6. The van der Waals surface area contributed by atoms with Crippen LogP contribution < -0.4 is 5.32 Å². The SMILES string of the molecule is O=C(NC1=CN=C(c2cccc(F)c2)CC1)c1n[nH]c2ccc(-c3cncc(CN4CCC(F)(F)C4)c3)cc12. The first kappa shape index (κ1) is 25.0. The molecular weight excluding hydrogens is 505 g/mol. The largest absolute Gasteiger partial charge is 0.323 e. The maximum Gasteiger partial charge on any atom is 0.276 e. The summed E-state index contributed by atoms with van der Waals surface area (Å²) in [6, 6.07) is 13.8. The molecular formula is C29H25F3N6O. The third-order valence-electron chi connectivity index (χ3n) is 7.00. The Labute approximate surface area is 222 Å². The summed E-state index contributed by atoms with van der Waals surface area (Å²) in [5, 5.41) is 10.7. The summed E-state index contributed by atoms with van der Waals surface area (Å²) in [6.45, 7) is 0.506. The van der Waals surface area contributed by atoms with E-state index in [0.29, 0.717) is 42.5 Å². The quantitative estimate of drug-likeness (QED) is 0.347. The highest BCUT2D eigenvalue weighted by atomic mass is 19.3. The average molecular weight is 531 g/mol. The summed E-state index contributed by atoms with van der Waals surface area (Å²) in [7, 11) is 0. The van der Waals surface area contributed by atoms with Crippen LogP contribution in [0.2, 0.25) is 0 Å². The van der Waals surface area contributed by atoms with Crippen LogP contribution in [0.1, 0.15) is 40.9 Å². The van der Waals surface area contributed by atoms with E-state index in [4.69, 9.17) is 0 Å². The number of aromatic amines is 1. The van der Waals surface area contributed by atoms with Gasteiger partial charge in [-0.1, -0.05) is 18.2 Å². The summed E-state index contributed by atoms with van der Waals surface area (Å²) in [4.78, 5) is 23.6. The van der Waals surface area contributed by atoms with Crippen molar-refractivity contribution < 1.29 is 18.0 Å². The van der Waals surface area contributed by atoms with Crippen molar-refractivity contribution in [3.05, 3.63) is 95.5 Å². The van der Waals surface area contributed by atoms with E-state index in [1.54, 1.807) is 29.6 Å². The van der Waals surface area contributed by atoms with Crippen molar-refractivity contribution in [2.75, 3.05) is 13.1 Å². The van der Waals surface area contributed by atoms with Gasteiger partial charge < -0.3 is 5.32 Å². The predicted molar refractivity (Wildman–Crippen MR) is 142 cm³/mol. The molecule has 2 aromatic carbocycles. The first-order chi connectivity index (χ1) is 18.8. The first-order valence-electron chi connectivity index (χ1n) is 12.7. The first-order valence-corrected chi connectivity index (χ1v) is 12.7. The van der Waals surface area contributed by atoms with Gasteiger partial charge in [-0.3, -0.25) is 24.8 Å². The molecule has 1 saturated heterocycles. The van der Waals surface area contributed by atoms with Gasteiger partial charge in [0.15, 0.2) is 5.69 Å². The Balaban J connectivity index is 1.20. The van der Waals surface area contributed by atoms with Gasteiger partial charge in [-0.2, -0.15) is 5.10 Å². The molecule has 7 nitrogen and oxygen atoms in total. The third kappa shape index (κ3) is 5.46. The van der Waals surface area contributed by atoms with Crippen LogP contribution in [0.5, 0.6) is 0 Å². The average Bonchev–Trinajstić information content (AvgIpc) is 3.51. The van der Waals surface area contributed by atoms with Gasteiger partial charge in [-0.15, -0.1) is 0 Å². The molecule has 39 heavy (non-hydrogen) atoms. The van der Waals surface area contributed by atoms with Crippen LogP contribution in [-0.2, 0) is 6.54 Å². The Morgan fingerprint density at radius 2 is 1.95 bits per heavy atom. The zero-order valence-electron chi connectivity index (χ0n) is 20.9. The van der Waals surface area contributed by atoms with E-state index in [1.165, 1.54) is 12.1 Å². The number of hydrogen-bond donors (Lipinski definition) is 2. The molecule has 0 saturated carbocycles. The Hall–Kier alpha value is -4.31. The minimum Gasteiger partial charge on any atom is -0.323 e. The number of aromatic nitrogens is 3. The number of alkyl halides is 2. The number of carbonyl (C=O) groups is 1.